The zero-order valence-corrected chi connectivity index (χ0v) is 17.5. The number of nitrogens with zero attached hydrogens (tertiary/aromatic N) is 6. The van der Waals surface area contributed by atoms with Gasteiger partial charge in [-0.15, -0.1) is 0 Å². The molecule has 1 aliphatic carbocycles. The minimum Gasteiger partial charge on any atom is -0.277 e. The van der Waals surface area contributed by atoms with Crippen molar-refractivity contribution in [3.63, 3.8) is 0 Å². The van der Waals surface area contributed by atoms with Gasteiger partial charge in [0.1, 0.15) is 4.90 Å². The van der Waals surface area contributed by atoms with E-state index in [-0.39, 0.29) is 4.90 Å². The fourth-order valence-corrected chi connectivity index (χ4v) is 4.92. The molecule has 0 aliphatic heterocycles. The summed E-state index contributed by atoms with van der Waals surface area (Å²) in [5.41, 5.74) is 1.52. The minimum absolute atomic E-state index is 0.0116. The van der Waals surface area contributed by atoms with Crippen LogP contribution < -0.4 is 4.72 Å². The van der Waals surface area contributed by atoms with Gasteiger partial charge in [0.2, 0.25) is 0 Å². The number of pyridine rings is 1. The van der Waals surface area contributed by atoms with Gasteiger partial charge in [-0.25, -0.2) is 18.1 Å². The first-order chi connectivity index (χ1) is 14.9. The van der Waals surface area contributed by atoms with Crippen LogP contribution in [0.15, 0.2) is 60.0 Å². The second kappa shape index (κ2) is 6.92. The summed E-state index contributed by atoms with van der Waals surface area (Å²) in [7, 11) is -2.12. The highest BCUT2D eigenvalue weighted by molar-refractivity contribution is 7.92. The number of rotatable bonds is 5. The first kappa shape index (κ1) is 19.3. The van der Waals surface area contributed by atoms with Gasteiger partial charge in [0.15, 0.2) is 5.82 Å². The maximum atomic E-state index is 13.0. The summed E-state index contributed by atoms with van der Waals surface area (Å²) < 4.78 is 31.6. The third-order valence-corrected chi connectivity index (χ3v) is 7.15. The molecule has 0 radical (unpaired) electrons. The van der Waals surface area contributed by atoms with E-state index in [1.165, 1.54) is 17.1 Å². The Morgan fingerprint density at radius 2 is 2.03 bits per heavy atom. The maximum Gasteiger partial charge on any atom is 0.265 e. The molecule has 0 saturated heterocycles. The molecule has 1 fully saturated rings. The Bertz CT molecular complexity index is 1440. The lowest BCUT2D eigenvalue weighted by Crippen LogP contribution is -2.32. The molecule has 1 N–H and O–H groups in total. The van der Waals surface area contributed by atoms with Crippen LogP contribution in [-0.2, 0) is 22.5 Å². The van der Waals surface area contributed by atoms with Crippen molar-refractivity contribution >= 4 is 26.6 Å². The SMILES string of the molecule is Cn1ncc2cccc(NS(=O)(=O)c3cnn(-c4cc(C5(C#N)CCC5)ccn4)c3)c21. The van der Waals surface area contributed by atoms with Crippen molar-refractivity contribution < 1.29 is 8.42 Å². The smallest absolute Gasteiger partial charge is 0.265 e. The molecule has 3 aromatic heterocycles. The molecule has 156 valence electrons. The van der Waals surface area contributed by atoms with Crippen LogP contribution in [0.5, 0.6) is 0 Å². The fourth-order valence-electron chi connectivity index (χ4n) is 3.93. The van der Waals surface area contributed by atoms with Crippen LogP contribution >= 0.6 is 0 Å². The molecule has 0 spiro atoms. The zero-order chi connectivity index (χ0) is 21.6. The lowest BCUT2D eigenvalue weighted by Gasteiger charge is -2.35. The first-order valence-corrected chi connectivity index (χ1v) is 11.3. The second-order valence-corrected chi connectivity index (χ2v) is 9.37. The number of anilines is 1. The topological polar surface area (TPSA) is 118 Å². The average Bonchev–Trinajstić information content (AvgIpc) is 3.36. The van der Waals surface area contributed by atoms with Crippen LogP contribution in [0, 0.1) is 11.3 Å². The first-order valence-electron chi connectivity index (χ1n) is 9.78. The van der Waals surface area contributed by atoms with Gasteiger partial charge in [0.05, 0.1) is 41.3 Å². The van der Waals surface area contributed by atoms with E-state index >= 15 is 0 Å². The number of nitriles is 1. The molecular formula is C21H19N7O2S. The predicted octanol–water partition coefficient (Wildman–Crippen LogP) is 2.90. The number of benzene rings is 1. The molecule has 3 heterocycles. The molecular weight excluding hydrogens is 414 g/mol. The van der Waals surface area contributed by atoms with Gasteiger partial charge >= 0.3 is 0 Å². The Balaban J connectivity index is 1.47. The van der Waals surface area contributed by atoms with E-state index in [1.807, 2.05) is 12.1 Å². The van der Waals surface area contributed by atoms with E-state index in [0.29, 0.717) is 17.0 Å². The third kappa shape index (κ3) is 3.14. The van der Waals surface area contributed by atoms with Crippen LogP contribution in [0.3, 0.4) is 0 Å². The van der Waals surface area contributed by atoms with Crippen molar-refractivity contribution in [3.8, 4) is 11.9 Å². The van der Waals surface area contributed by atoms with Gasteiger partial charge < -0.3 is 0 Å². The van der Waals surface area contributed by atoms with Crippen LogP contribution in [-0.4, -0.2) is 33.0 Å². The molecule has 0 bridgehead atoms. The lowest BCUT2D eigenvalue weighted by atomic mass is 9.66. The molecule has 0 atom stereocenters. The van der Waals surface area contributed by atoms with Crippen LogP contribution in [0.2, 0.25) is 0 Å². The molecule has 1 aliphatic rings. The highest BCUT2D eigenvalue weighted by Gasteiger charge is 2.39. The number of aryl methyl sites for hydroxylation is 1. The molecule has 0 unspecified atom stereocenters. The molecule has 0 amide bonds. The molecule has 31 heavy (non-hydrogen) atoms. The van der Waals surface area contributed by atoms with Crippen molar-refractivity contribution in [3.05, 3.63) is 60.7 Å². The van der Waals surface area contributed by atoms with Crippen molar-refractivity contribution in [2.24, 2.45) is 7.05 Å². The summed E-state index contributed by atoms with van der Waals surface area (Å²) in [6.45, 7) is 0. The number of aromatic nitrogens is 5. The summed E-state index contributed by atoms with van der Waals surface area (Å²) in [5.74, 6) is 0.467. The average molecular weight is 433 g/mol. The molecule has 10 heteroatoms. The molecule has 4 aromatic rings. The Hall–Kier alpha value is -3.71. The molecule has 1 saturated carbocycles. The molecule has 9 nitrogen and oxygen atoms in total. The van der Waals surface area contributed by atoms with Crippen LogP contribution in [0.4, 0.5) is 5.69 Å². The van der Waals surface area contributed by atoms with Gasteiger partial charge in [-0.1, -0.05) is 12.1 Å². The Kier molecular flexibility index (Phi) is 4.30. The normalized spacial score (nSPS) is 15.4. The van der Waals surface area contributed by atoms with Crippen LogP contribution in [0.1, 0.15) is 24.8 Å². The maximum absolute atomic E-state index is 13.0. The van der Waals surface area contributed by atoms with Gasteiger partial charge in [-0.3, -0.25) is 9.40 Å². The standard InChI is InChI=1S/C21H19N7O2S/c1-27-20-15(11-24-27)4-2-5-18(20)26-31(29,30)17-12-25-28(13-17)19-10-16(6-9-23-19)21(14-22)7-3-8-21/h2,4-6,9-13,26H,3,7-8H2,1H3. The second-order valence-electron chi connectivity index (χ2n) is 7.69. The van der Waals surface area contributed by atoms with Gasteiger partial charge in [0.25, 0.3) is 10.0 Å². The Morgan fingerprint density at radius 1 is 1.19 bits per heavy atom. The quantitative estimate of drug-likeness (QED) is 0.517. The van der Waals surface area contributed by atoms with Gasteiger partial charge in [-0.05, 0) is 43.0 Å². The van der Waals surface area contributed by atoms with E-state index in [0.717, 1.165) is 30.2 Å². The predicted molar refractivity (Wildman–Crippen MR) is 114 cm³/mol. The number of nitrogens with one attached hydrogen (secondary N) is 1. The zero-order valence-electron chi connectivity index (χ0n) is 16.7. The van der Waals surface area contributed by atoms with Crippen molar-refractivity contribution in [1.29, 1.82) is 5.26 Å². The van der Waals surface area contributed by atoms with Crippen molar-refractivity contribution in [1.82, 2.24) is 24.5 Å². The number of para-hydroxylation sites is 1. The number of hydrogen-bond donors (Lipinski definition) is 1. The van der Waals surface area contributed by atoms with Crippen molar-refractivity contribution in [2.75, 3.05) is 4.72 Å². The van der Waals surface area contributed by atoms with E-state index in [9.17, 15) is 13.7 Å². The molecule has 1 aromatic carbocycles. The third-order valence-electron chi connectivity index (χ3n) is 5.83. The number of fused-ring (bicyclic) bond motifs is 1. The van der Waals surface area contributed by atoms with E-state index in [4.69, 9.17) is 0 Å². The molecule has 5 rings (SSSR count). The summed E-state index contributed by atoms with van der Waals surface area (Å²) in [4.78, 5) is 4.32. The summed E-state index contributed by atoms with van der Waals surface area (Å²) >= 11 is 0. The summed E-state index contributed by atoms with van der Waals surface area (Å²) in [6.07, 6.45) is 8.65. The van der Waals surface area contributed by atoms with Crippen molar-refractivity contribution in [2.45, 2.75) is 29.6 Å². The van der Waals surface area contributed by atoms with E-state index in [2.05, 4.69) is 26.0 Å². The van der Waals surface area contributed by atoms with Gasteiger partial charge in [0, 0.05) is 18.6 Å². The Labute approximate surface area is 179 Å². The summed E-state index contributed by atoms with van der Waals surface area (Å²) in [6, 6.07) is 11.4. The van der Waals surface area contributed by atoms with E-state index < -0.39 is 15.4 Å². The van der Waals surface area contributed by atoms with Crippen LogP contribution in [0.25, 0.3) is 16.7 Å². The lowest BCUT2D eigenvalue weighted by molar-refractivity contribution is 0.324. The number of hydrogen-bond acceptors (Lipinski definition) is 6. The van der Waals surface area contributed by atoms with Gasteiger partial charge in [-0.2, -0.15) is 15.5 Å². The highest BCUT2D eigenvalue weighted by atomic mass is 32.2. The van der Waals surface area contributed by atoms with E-state index in [1.54, 1.807) is 42.3 Å². The number of sulfonamides is 1. The highest BCUT2D eigenvalue weighted by Crippen LogP contribution is 2.43. The summed E-state index contributed by atoms with van der Waals surface area (Å²) in [5, 5.41) is 18.8. The fraction of sp³-hybridized carbons (Fsp3) is 0.238. The minimum atomic E-state index is -3.88. The largest absolute Gasteiger partial charge is 0.277 e. The Morgan fingerprint density at radius 3 is 2.77 bits per heavy atom. The monoisotopic (exact) mass is 433 g/mol.